The summed E-state index contributed by atoms with van der Waals surface area (Å²) in [6, 6.07) is 8.93. The quantitative estimate of drug-likeness (QED) is 0.571. The Balaban J connectivity index is 1.76. The summed E-state index contributed by atoms with van der Waals surface area (Å²) in [6.07, 6.45) is 0.964. The molecule has 0 radical (unpaired) electrons. The van der Waals surface area contributed by atoms with Crippen LogP contribution in [0.1, 0.15) is 16.7 Å². The highest BCUT2D eigenvalue weighted by atomic mass is 79.9. The molecule has 0 spiro atoms. The molecule has 112 valence electrons. The molecule has 5 heteroatoms. The average Bonchev–Trinajstić information content (AvgIpc) is 3.13. The predicted molar refractivity (Wildman–Crippen MR) is 95.2 cm³/mol. The molecule has 0 unspecified atom stereocenters. The van der Waals surface area contributed by atoms with Gasteiger partial charge in [-0.05, 0) is 53.3 Å². The summed E-state index contributed by atoms with van der Waals surface area (Å²) in [6.45, 7) is 0.959. The Morgan fingerprint density at radius 2 is 2.18 bits per heavy atom. The SMILES string of the molecule is CN(C)Cc1ccc2c(c1)-c1[nH]nc(-c3csc(Br)c3)c1C2. The van der Waals surface area contributed by atoms with Crippen molar-refractivity contribution in [2.24, 2.45) is 0 Å². The molecule has 1 N–H and O–H groups in total. The summed E-state index contributed by atoms with van der Waals surface area (Å²) in [5.74, 6) is 0. The monoisotopic (exact) mass is 373 g/mol. The van der Waals surface area contributed by atoms with Crippen molar-refractivity contribution >= 4 is 27.3 Å². The number of halogens is 1. The van der Waals surface area contributed by atoms with E-state index in [9.17, 15) is 0 Å². The third kappa shape index (κ3) is 2.33. The molecule has 0 saturated carbocycles. The van der Waals surface area contributed by atoms with Crippen LogP contribution < -0.4 is 0 Å². The second-order valence-electron chi connectivity index (χ2n) is 5.97. The van der Waals surface area contributed by atoms with Crippen LogP contribution in [0.3, 0.4) is 0 Å². The smallest absolute Gasteiger partial charge is 0.0971 e. The van der Waals surface area contributed by atoms with E-state index >= 15 is 0 Å². The summed E-state index contributed by atoms with van der Waals surface area (Å²) in [5.41, 5.74) is 8.82. The van der Waals surface area contributed by atoms with Crippen LogP contribution in [0.2, 0.25) is 0 Å². The van der Waals surface area contributed by atoms with Gasteiger partial charge in [0, 0.05) is 35.0 Å². The Hall–Kier alpha value is -1.43. The number of fused-ring (bicyclic) bond motifs is 3. The molecule has 0 amide bonds. The van der Waals surface area contributed by atoms with E-state index in [0.29, 0.717) is 0 Å². The molecule has 3 nitrogen and oxygen atoms in total. The number of nitrogens with zero attached hydrogens (tertiary/aromatic N) is 2. The van der Waals surface area contributed by atoms with Crippen molar-refractivity contribution in [1.29, 1.82) is 0 Å². The minimum Gasteiger partial charge on any atom is -0.305 e. The third-order valence-corrected chi connectivity index (χ3v) is 5.52. The van der Waals surface area contributed by atoms with Gasteiger partial charge in [-0.2, -0.15) is 5.10 Å². The zero-order chi connectivity index (χ0) is 15.3. The molecule has 4 rings (SSSR count). The number of aromatic amines is 1. The Labute approximate surface area is 142 Å². The fourth-order valence-electron chi connectivity index (χ4n) is 3.10. The van der Waals surface area contributed by atoms with Gasteiger partial charge in [0.1, 0.15) is 0 Å². The van der Waals surface area contributed by atoms with Crippen LogP contribution in [0, 0.1) is 0 Å². The lowest BCUT2D eigenvalue weighted by atomic mass is 10.1. The molecule has 22 heavy (non-hydrogen) atoms. The first-order chi connectivity index (χ1) is 10.6. The highest BCUT2D eigenvalue weighted by molar-refractivity contribution is 9.11. The van der Waals surface area contributed by atoms with E-state index in [2.05, 4.69) is 74.8 Å². The van der Waals surface area contributed by atoms with Crippen LogP contribution in [0.4, 0.5) is 0 Å². The average molecular weight is 374 g/mol. The normalized spacial score (nSPS) is 12.7. The van der Waals surface area contributed by atoms with E-state index in [1.807, 2.05) is 0 Å². The number of H-pyrrole nitrogens is 1. The Kier molecular flexibility index (Phi) is 3.44. The summed E-state index contributed by atoms with van der Waals surface area (Å²) in [4.78, 5) is 2.19. The highest BCUT2D eigenvalue weighted by Crippen LogP contribution is 2.41. The zero-order valence-electron chi connectivity index (χ0n) is 12.5. The second-order valence-corrected chi connectivity index (χ2v) is 8.26. The molecular formula is C17H16BrN3S. The number of rotatable bonds is 3. The van der Waals surface area contributed by atoms with E-state index < -0.39 is 0 Å². The van der Waals surface area contributed by atoms with E-state index in [4.69, 9.17) is 0 Å². The topological polar surface area (TPSA) is 31.9 Å². The molecule has 1 aliphatic carbocycles. The van der Waals surface area contributed by atoms with Gasteiger partial charge < -0.3 is 4.90 Å². The maximum absolute atomic E-state index is 4.56. The van der Waals surface area contributed by atoms with Gasteiger partial charge in [-0.1, -0.05) is 12.1 Å². The van der Waals surface area contributed by atoms with Crippen LogP contribution in [0.25, 0.3) is 22.5 Å². The summed E-state index contributed by atoms with van der Waals surface area (Å²) < 4.78 is 1.14. The lowest BCUT2D eigenvalue weighted by molar-refractivity contribution is 0.402. The van der Waals surface area contributed by atoms with Crippen LogP contribution in [0.15, 0.2) is 33.4 Å². The first-order valence-electron chi connectivity index (χ1n) is 7.20. The molecular weight excluding hydrogens is 358 g/mol. The minimum absolute atomic E-state index is 0.959. The van der Waals surface area contributed by atoms with Crippen LogP contribution in [-0.2, 0) is 13.0 Å². The summed E-state index contributed by atoms with van der Waals surface area (Å²) >= 11 is 5.23. The van der Waals surface area contributed by atoms with Crippen molar-refractivity contribution in [3.05, 3.63) is 50.1 Å². The van der Waals surface area contributed by atoms with E-state index in [0.717, 1.165) is 22.4 Å². The molecule has 2 aromatic heterocycles. The van der Waals surface area contributed by atoms with Gasteiger partial charge in [0.05, 0.1) is 15.2 Å². The number of thiophene rings is 1. The highest BCUT2D eigenvalue weighted by Gasteiger charge is 2.25. The maximum Gasteiger partial charge on any atom is 0.0971 e. The standard InChI is InChI=1S/C17H16BrN3S/c1-21(2)8-10-3-4-11-6-14-16(12-7-15(18)22-9-12)19-20-17(14)13(11)5-10/h3-5,7,9H,6,8H2,1-2H3,(H,19,20). The van der Waals surface area contributed by atoms with Crippen molar-refractivity contribution in [2.75, 3.05) is 14.1 Å². The van der Waals surface area contributed by atoms with Crippen molar-refractivity contribution in [3.8, 4) is 22.5 Å². The number of benzene rings is 1. The van der Waals surface area contributed by atoms with Gasteiger partial charge in [-0.3, -0.25) is 5.10 Å². The summed E-state index contributed by atoms with van der Waals surface area (Å²) in [5, 5.41) is 9.97. The van der Waals surface area contributed by atoms with Gasteiger partial charge in [0.25, 0.3) is 0 Å². The molecule has 1 aliphatic rings. The maximum atomic E-state index is 4.56. The first-order valence-corrected chi connectivity index (χ1v) is 8.87. The Morgan fingerprint density at radius 1 is 1.32 bits per heavy atom. The van der Waals surface area contributed by atoms with Crippen molar-refractivity contribution < 1.29 is 0 Å². The van der Waals surface area contributed by atoms with Gasteiger partial charge in [-0.25, -0.2) is 0 Å². The van der Waals surface area contributed by atoms with Crippen molar-refractivity contribution in [3.63, 3.8) is 0 Å². The molecule has 0 atom stereocenters. The van der Waals surface area contributed by atoms with E-state index in [1.54, 1.807) is 11.3 Å². The largest absolute Gasteiger partial charge is 0.305 e. The fraction of sp³-hybridized carbons (Fsp3) is 0.235. The lowest BCUT2D eigenvalue weighted by Gasteiger charge is -2.10. The van der Waals surface area contributed by atoms with E-state index in [1.165, 1.54) is 33.5 Å². The van der Waals surface area contributed by atoms with Gasteiger partial charge in [0.15, 0.2) is 0 Å². The molecule has 0 fully saturated rings. The molecule has 0 bridgehead atoms. The third-order valence-electron chi connectivity index (χ3n) is 4.02. The fourth-order valence-corrected chi connectivity index (χ4v) is 4.24. The van der Waals surface area contributed by atoms with Gasteiger partial charge in [-0.15, -0.1) is 11.3 Å². The molecule has 3 aromatic rings. The Bertz CT molecular complexity index is 847. The van der Waals surface area contributed by atoms with Crippen LogP contribution >= 0.6 is 27.3 Å². The van der Waals surface area contributed by atoms with Gasteiger partial charge >= 0.3 is 0 Å². The Morgan fingerprint density at radius 3 is 2.91 bits per heavy atom. The van der Waals surface area contributed by atoms with Crippen molar-refractivity contribution in [1.82, 2.24) is 15.1 Å². The number of nitrogens with one attached hydrogen (secondary N) is 1. The minimum atomic E-state index is 0.959. The lowest BCUT2D eigenvalue weighted by Crippen LogP contribution is -2.10. The predicted octanol–water partition coefficient (Wildman–Crippen LogP) is 4.53. The molecule has 2 heterocycles. The molecule has 1 aromatic carbocycles. The first kappa shape index (κ1) is 14.2. The zero-order valence-corrected chi connectivity index (χ0v) is 14.9. The number of hydrogen-bond donors (Lipinski definition) is 1. The number of hydrogen-bond acceptors (Lipinski definition) is 3. The van der Waals surface area contributed by atoms with Crippen molar-refractivity contribution in [2.45, 2.75) is 13.0 Å². The van der Waals surface area contributed by atoms with Crippen LogP contribution in [-0.4, -0.2) is 29.2 Å². The summed E-state index contributed by atoms with van der Waals surface area (Å²) in [7, 11) is 4.20. The van der Waals surface area contributed by atoms with Crippen LogP contribution in [0.5, 0.6) is 0 Å². The van der Waals surface area contributed by atoms with E-state index in [-0.39, 0.29) is 0 Å². The molecule has 0 aliphatic heterocycles. The second kappa shape index (κ2) is 5.33. The molecule has 0 saturated heterocycles. The van der Waals surface area contributed by atoms with Gasteiger partial charge in [0.2, 0.25) is 0 Å². The number of aromatic nitrogens is 2.